The first kappa shape index (κ1) is 13.4. The van der Waals surface area contributed by atoms with Gasteiger partial charge in [-0.1, -0.05) is 0 Å². The van der Waals surface area contributed by atoms with Crippen molar-refractivity contribution in [2.24, 2.45) is 0 Å². The second kappa shape index (κ2) is 5.45. The molecule has 0 saturated carbocycles. The van der Waals surface area contributed by atoms with Crippen molar-refractivity contribution in [1.82, 2.24) is 25.4 Å². The molecule has 1 saturated heterocycles. The van der Waals surface area contributed by atoms with Gasteiger partial charge in [-0.25, -0.2) is 0 Å². The van der Waals surface area contributed by atoms with Gasteiger partial charge in [0.05, 0.1) is 24.4 Å². The minimum absolute atomic E-state index is 0.155. The van der Waals surface area contributed by atoms with Crippen LogP contribution in [0.25, 0.3) is 11.3 Å². The highest BCUT2D eigenvalue weighted by Gasteiger charge is 2.35. The number of carbonyl (C=O) groups excluding carboxylic acids is 2. The van der Waals surface area contributed by atoms with Crippen LogP contribution in [0.3, 0.4) is 0 Å². The van der Waals surface area contributed by atoms with E-state index in [0.29, 0.717) is 6.54 Å². The van der Waals surface area contributed by atoms with Crippen LogP contribution in [0.2, 0.25) is 0 Å². The molecule has 2 amide bonds. The van der Waals surface area contributed by atoms with Crippen LogP contribution < -0.4 is 5.32 Å². The van der Waals surface area contributed by atoms with E-state index in [9.17, 15) is 9.59 Å². The van der Waals surface area contributed by atoms with Crippen LogP contribution in [0.4, 0.5) is 0 Å². The molecule has 0 radical (unpaired) electrons. The average molecular weight is 285 g/mol. The second-order valence-corrected chi connectivity index (χ2v) is 4.94. The predicted octanol–water partition coefficient (Wildman–Crippen LogP) is 0.319. The zero-order chi connectivity index (χ0) is 14.8. The third kappa shape index (κ3) is 2.55. The number of likely N-dealkylation sites (N-methyl/N-ethyl adjacent to an activating group) is 1. The molecule has 0 aliphatic carbocycles. The molecule has 0 spiro atoms. The number of rotatable bonds is 4. The molecule has 2 aromatic heterocycles. The molecular weight excluding hydrogens is 270 g/mol. The van der Waals surface area contributed by atoms with E-state index in [-0.39, 0.29) is 18.2 Å². The molecule has 1 aliphatic rings. The standard InChI is InChI=1S/C14H15N5O2/c1-19-12(20)5-11(14(19)21)16-7-10-8-17-18-13(10)9-3-2-4-15-6-9/h2-4,6,8,11,16H,5,7H2,1H3,(H,17,18). The van der Waals surface area contributed by atoms with Gasteiger partial charge in [-0.05, 0) is 12.1 Å². The summed E-state index contributed by atoms with van der Waals surface area (Å²) in [6, 6.07) is 3.32. The normalized spacial score (nSPS) is 18.5. The third-order valence-electron chi connectivity index (χ3n) is 3.59. The smallest absolute Gasteiger partial charge is 0.246 e. The molecule has 3 rings (SSSR count). The monoisotopic (exact) mass is 285 g/mol. The number of likely N-dealkylation sites (tertiary alicyclic amines) is 1. The Bertz CT molecular complexity index is 667. The van der Waals surface area contributed by atoms with E-state index in [1.54, 1.807) is 18.6 Å². The summed E-state index contributed by atoms with van der Waals surface area (Å²) in [5, 5.41) is 10.1. The number of aromatic nitrogens is 3. The molecular formula is C14H15N5O2. The fourth-order valence-corrected chi connectivity index (χ4v) is 2.35. The number of imide groups is 1. The summed E-state index contributed by atoms with van der Waals surface area (Å²) >= 11 is 0. The fourth-order valence-electron chi connectivity index (χ4n) is 2.35. The number of pyridine rings is 1. The molecule has 1 aliphatic heterocycles. The van der Waals surface area contributed by atoms with E-state index in [4.69, 9.17) is 0 Å². The van der Waals surface area contributed by atoms with Crippen LogP contribution in [0.1, 0.15) is 12.0 Å². The van der Waals surface area contributed by atoms with Crippen LogP contribution in [0.15, 0.2) is 30.7 Å². The number of nitrogens with one attached hydrogen (secondary N) is 2. The van der Waals surface area contributed by atoms with Gasteiger partial charge in [-0.2, -0.15) is 5.10 Å². The Morgan fingerprint density at radius 3 is 2.95 bits per heavy atom. The van der Waals surface area contributed by atoms with Crippen molar-refractivity contribution in [3.05, 3.63) is 36.3 Å². The molecule has 108 valence electrons. The summed E-state index contributed by atoms with van der Waals surface area (Å²) in [5.74, 6) is -0.344. The number of amides is 2. The number of aromatic amines is 1. The molecule has 2 N–H and O–H groups in total. The van der Waals surface area contributed by atoms with Crippen molar-refractivity contribution in [3.63, 3.8) is 0 Å². The molecule has 2 aromatic rings. The van der Waals surface area contributed by atoms with Crippen molar-refractivity contribution < 1.29 is 9.59 Å². The van der Waals surface area contributed by atoms with Gasteiger partial charge in [0.2, 0.25) is 11.8 Å². The van der Waals surface area contributed by atoms with E-state index in [1.807, 2.05) is 12.1 Å². The maximum Gasteiger partial charge on any atom is 0.246 e. The summed E-state index contributed by atoms with van der Waals surface area (Å²) in [6.45, 7) is 0.457. The largest absolute Gasteiger partial charge is 0.301 e. The highest BCUT2D eigenvalue weighted by molar-refractivity contribution is 6.05. The second-order valence-electron chi connectivity index (χ2n) is 4.94. The molecule has 1 atom stereocenters. The molecule has 3 heterocycles. The average Bonchev–Trinajstić information content (AvgIpc) is 3.07. The Kier molecular flexibility index (Phi) is 3.49. The summed E-state index contributed by atoms with van der Waals surface area (Å²) in [5.41, 5.74) is 2.72. The summed E-state index contributed by atoms with van der Waals surface area (Å²) < 4.78 is 0. The van der Waals surface area contributed by atoms with E-state index in [2.05, 4.69) is 20.5 Å². The Labute approximate surface area is 121 Å². The summed E-state index contributed by atoms with van der Waals surface area (Å²) in [4.78, 5) is 28.6. The first-order valence-electron chi connectivity index (χ1n) is 6.63. The highest BCUT2D eigenvalue weighted by Crippen LogP contribution is 2.20. The Balaban J connectivity index is 1.72. The zero-order valence-corrected chi connectivity index (χ0v) is 11.5. The van der Waals surface area contributed by atoms with Crippen LogP contribution in [0, 0.1) is 0 Å². The lowest BCUT2D eigenvalue weighted by atomic mass is 10.1. The number of hydrogen-bond donors (Lipinski definition) is 2. The van der Waals surface area contributed by atoms with Crippen LogP contribution in [-0.2, 0) is 16.1 Å². The van der Waals surface area contributed by atoms with E-state index in [1.165, 1.54) is 7.05 Å². The predicted molar refractivity (Wildman–Crippen MR) is 74.8 cm³/mol. The summed E-state index contributed by atoms with van der Waals surface area (Å²) in [6.07, 6.45) is 5.36. The molecule has 0 bridgehead atoms. The Morgan fingerprint density at radius 2 is 2.29 bits per heavy atom. The van der Waals surface area contributed by atoms with Gasteiger partial charge in [0.25, 0.3) is 0 Å². The van der Waals surface area contributed by atoms with Gasteiger partial charge in [0.15, 0.2) is 0 Å². The van der Waals surface area contributed by atoms with E-state index < -0.39 is 6.04 Å². The third-order valence-corrected chi connectivity index (χ3v) is 3.59. The molecule has 7 heteroatoms. The molecule has 0 aromatic carbocycles. The van der Waals surface area contributed by atoms with Crippen LogP contribution in [0.5, 0.6) is 0 Å². The van der Waals surface area contributed by atoms with Gasteiger partial charge < -0.3 is 5.32 Å². The van der Waals surface area contributed by atoms with Crippen LogP contribution in [-0.4, -0.2) is 45.0 Å². The lowest BCUT2D eigenvalue weighted by Gasteiger charge is -2.11. The van der Waals surface area contributed by atoms with Crippen molar-refractivity contribution in [3.8, 4) is 11.3 Å². The maximum atomic E-state index is 11.8. The molecule has 7 nitrogen and oxygen atoms in total. The number of carbonyl (C=O) groups is 2. The maximum absolute atomic E-state index is 11.8. The fraction of sp³-hybridized carbons (Fsp3) is 0.286. The highest BCUT2D eigenvalue weighted by atomic mass is 16.2. The topological polar surface area (TPSA) is 91.0 Å². The first-order valence-corrected chi connectivity index (χ1v) is 6.63. The minimum atomic E-state index is -0.459. The van der Waals surface area contributed by atoms with Crippen LogP contribution >= 0.6 is 0 Å². The number of nitrogens with zero attached hydrogens (tertiary/aromatic N) is 3. The van der Waals surface area contributed by atoms with E-state index in [0.717, 1.165) is 21.7 Å². The zero-order valence-electron chi connectivity index (χ0n) is 11.5. The van der Waals surface area contributed by atoms with Crippen molar-refractivity contribution in [2.45, 2.75) is 19.0 Å². The van der Waals surface area contributed by atoms with Gasteiger partial charge in [-0.3, -0.25) is 24.6 Å². The molecule has 1 unspecified atom stereocenters. The quantitative estimate of drug-likeness (QED) is 0.789. The SMILES string of the molecule is CN1C(=O)CC(NCc2cn[nH]c2-c2cccnc2)C1=O. The Hall–Kier alpha value is -2.54. The lowest BCUT2D eigenvalue weighted by Crippen LogP contribution is -2.36. The minimum Gasteiger partial charge on any atom is -0.301 e. The van der Waals surface area contributed by atoms with Crippen molar-refractivity contribution in [1.29, 1.82) is 0 Å². The summed E-state index contributed by atoms with van der Waals surface area (Å²) in [7, 11) is 1.51. The van der Waals surface area contributed by atoms with Gasteiger partial charge in [-0.15, -0.1) is 0 Å². The van der Waals surface area contributed by atoms with E-state index >= 15 is 0 Å². The van der Waals surface area contributed by atoms with Crippen molar-refractivity contribution in [2.75, 3.05) is 7.05 Å². The van der Waals surface area contributed by atoms with Gasteiger partial charge in [0, 0.05) is 37.1 Å². The Morgan fingerprint density at radius 1 is 1.43 bits per heavy atom. The number of H-pyrrole nitrogens is 1. The number of hydrogen-bond acceptors (Lipinski definition) is 5. The van der Waals surface area contributed by atoms with Gasteiger partial charge >= 0.3 is 0 Å². The van der Waals surface area contributed by atoms with Gasteiger partial charge in [0.1, 0.15) is 0 Å². The molecule has 1 fully saturated rings. The van der Waals surface area contributed by atoms with Crippen molar-refractivity contribution >= 4 is 11.8 Å². The first-order chi connectivity index (χ1) is 10.2. The lowest BCUT2D eigenvalue weighted by molar-refractivity contribution is -0.137. The molecule has 21 heavy (non-hydrogen) atoms.